The predicted octanol–water partition coefficient (Wildman–Crippen LogP) is 7.47. The minimum atomic E-state index is 0.0264. The molecule has 1 aliphatic rings. The monoisotopic (exact) mass is 494 g/mol. The summed E-state index contributed by atoms with van der Waals surface area (Å²) in [5.74, 6) is 0.0264. The van der Waals surface area contributed by atoms with E-state index >= 15 is 0 Å². The van der Waals surface area contributed by atoms with Gasteiger partial charge in [0.1, 0.15) is 5.69 Å². The number of carbonyl (C=O) groups is 1. The van der Waals surface area contributed by atoms with Crippen LogP contribution in [-0.2, 0) is 11.2 Å². The van der Waals surface area contributed by atoms with Crippen molar-refractivity contribution < 1.29 is 4.79 Å². The van der Waals surface area contributed by atoms with Crippen LogP contribution in [0.2, 0.25) is 0 Å². The average Bonchev–Trinajstić information content (AvgIpc) is 3.66. The van der Waals surface area contributed by atoms with Crippen LogP contribution >= 0.6 is 0 Å². The number of aryl methyl sites for hydroxylation is 1. The summed E-state index contributed by atoms with van der Waals surface area (Å²) >= 11 is 0. The molecule has 0 radical (unpaired) electrons. The highest BCUT2D eigenvalue weighted by Gasteiger charge is 2.12. The van der Waals surface area contributed by atoms with Crippen molar-refractivity contribution in [3.05, 3.63) is 115 Å². The Morgan fingerprint density at radius 1 is 0.868 bits per heavy atom. The second kappa shape index (κ2) is 9.27. The molecule has 1 aromatic heterocycles. The van der Waals surface area contributed by atoms with Gasteiger partial charge < -0.3 is 5.32 Å². The lowest BCUT2D eigenvalue weighted by Crippen LogP contribution is -2.11. The molecule has 0 unspecified atom stereocenters. The van der Waals surface area contributed by atoms with Crippen LogP contribution in [0.3, 0.4) is 0 Å². The highest BCUT2D eigenvalue weighted by molar-refractivity contribution is 6.23. The van der Waals surface area contributed by atoms with Gasteiger partial charge in [-0.3, -0.25) is 4.79 Å². The molecule has 1 N–H and O–H groups in total. The molecular formula is C33H26N4O. The van der Waals surface area contributed by atoms with Crippen molar-refractivity contribution in [3.8, 4) is 5.69 Å². The molecule has 1 heterocycles. The maximum Gasteiger partial charge on any atom is 0.224 e. The molecule has 0 spiro atoms. The van der Waals surface area contributed by atoms with Gasteiger partial charge in [-0.05, 0) is 87.0 Å². The topological polar surface area (TPSA) is 59.8 Å². The predicted molar refractivity (Wildman–Crippen MR) is 155 cm³/mol. The van der Waals surface area contributed by atoms with Gasteiger partial charge in [-0.15, -0.1) is 5.10 Å². The van der Waals surface area contributed by atoms with E-state index in [0.29, 0.717) is 6.42 Å². The second-order valence-corrected chi connectivity index (χ2v) is 9.88. The first-order valence-corrected chi connectivity index (χ1v) is 13.1. The Balaban J connectivity index is 1.01. The molecule has 0 bridgehead atoms. The number of benzene rings is 5. The lowest BCUT2D eigenvalue weighted by molar-refractivity contribution is -0.116. The zero-order valence-electron chi connectivity index (χ0n) is 20.9. The average molecular weight is 495 g/mol. The Kier molecular flexibility index (Phi) is 5.47. The molecule has 0 saturated heterocycles. The fourth-order valence-electron chi connectivity index (χ4n) is 5.54. The lowest BCUT2D eigenvalue weighted by atomic mass is 9.90. The van der Waals surface area contributed by atoms with E-state index in [2.05, 4.69) is 88.5 Å². The fraction of sp³-hybridized carbons (Fsp3) is 0.121. The third-order valence-electron chi connectivity index (χ3n) is 7.44. The van der Waals surface area contributed by atoms with E-state index in [1.54, 1.807) is 4.68 Å². The summed E-state index contributed by atoms with van der Waals surface area (Å²) in [6, 6.07) is 27.5. The summed E-state index contributed by atoms with van der Waals surface area (Å²) < 4.78 is 1.75. The van der Waals surface area contributed by atoms with Gasteiger partial charge in [-0.1, -0.05) is 78.0 Å². The van der Waals surface area contributed by atoms with Crippen molar-refractivity contribution in [1.29, 1.82) is 0 Å². The molecule has 5 nitrogen and oxygen atoms in total. The molecule has 1 amide bonds. The minimum Gasteiger partial charge on any atom is -0.326 e. The van der Waals surface area contributed by atoms with Crippen LogP contribution in [0.4, 0.5) is 5.69 Å². The number of rotatable bonds is 7. The Morgan fingerprint density at radius 3 is 2.42 bits per heavy atom. The summed E-state index contributed by atoms with van der Waals surface area (Å²) in [6.07, 6.45) is 11.3. The summed E-state index contributed by atoms with van der Waals surface area (Å²) in [4.78, 5) is 12.7. The number of hydrogen-bond acceptors (Lipinski definition) is 3. The molecule has 1 aliphatic carbocycles. The van der Waals surface area contributed by atoms with Crippen molar-refractivity contribution in [2.24, 2.45) is 0 Å². The van der Waals surface area contributed by atoms with Crippen LogP contribution in [0.15, 0.2) is 103 Å². The SMILES string of the molecule is O=C(CCCc1ccc2ccc3cccc4ccc1c2c34)Nc1ccc(-n2cc(C3=CCC=C3)nn2)cc1. The van der Waals surface area contributed by atoms with Gasteiger partial charge in [-0.25, -0.2) is 4.68 Å². The lowest BCUT2D eigenvalue weighted by Gasteiger charge is -2.14. The van der Waals surface area contributed by atoms with Crippen molar-refractivity contribution in [1.82, 2.24) is 15.0 Å². The Hall–Kier alpha value is -4.77. The third-order valence-corrected chi connectivity index (χ3v) is 7.44. The number of hydrogen-bond donors (Lipinski definition) is 1. The second-order valence-electron chi connectivity index (χ2n) is 9.88. The van der Waals surface area contributed by atoms with E-state index in [4.69, 9.17) is 0 Å². The number of aromatic nitrogens is 3. The van der Waals surface area contributed by atoms with Crippen LogP contribution in [0, 0.1) is 0 Å². The number of nitrogens with zero attached hydrogens (tertiary/aromatic N) is 3. The Labute approximate surface area is 220 Å². The van der Waals surface area contributed by atoms with Crippen molar-refractivity contribution in [3.63, 3.8) is 0 Å². The Bertz CT molecular complexity index is 1840. The number of nitrogens with one attached hydrogen (secondary N) is 1. The molecule has 7 rings (SSSR count). The smallest absolute Gasteiger partial charge is 0.224 e. The fourth-order valence-corrected chi connectivity index (χ4v) is 5.54. The van der Waals surface area contributed by atoms with Gasteiger partial charge in [0.05, 0.1) is 11.9 Å². The minimum absolute atomic E-state index is 0.0264. The standard InChI is InChI=1S/C33H26N4O/c38-31(34-27-16-18-28(19-17-27)37-21-30(35-36-37)23-5-1-2-6-23)10-4-7-22-11-12-26-14-13-24-8-3-9-25-15-20-29(22)33(26)32(24)25/h1,3,5-6,8-9,11-21H,2,4,7,10H2,(H,34,38). The molecule has 184 valence electrons. The molecular weight excluding hydrogens is 468 g/mol. The van der Waals surface area contributed by atoms with Gasteiger partial charge in [-0.2, -0.15) is 0 Å². The van der Waals surface area contributed by atoms with Gasteiger partial charge in [0.15, 0.2) is 0 Å². The highest BCUT2D eigenvalue weighted by Crippen LogP contribution is 2.36. The molecule has 0 fully saturated rings. The molecule has 0 saturated carbocycles. The highest BCUT2D eigenvalue weighted by atomic mass is 16.1. The van der Waals surface area contributed by atoms with Crippen LogP contribution < -0.4 is 5.32 Å². The van der Waals surface area contributed by atoms with E-state index in [1.807, 2.05) is 30.5 Å². The molecule has 0 aliphatic heterocycles. The van der Waals surface area contributed by atoms with Crippen LogP contribution in [-0.4, -0.2) is 20.9 Å². The molecule has 5 heteroatoms. The third kappa shape index (κ3) is 4.02. The van der Waals surface area contributed by atoms with Crippen LogP contribution in [0.25, 0.3) is 43.6 Å². The summed E-state index contributed by atoms with van der Waals surface area (Å²) in [6.45, 7) is 0. The number of anilines is 1. The number of carbonyl (C=O) groups excluding carboxylic acids is 1. The van der Waals surface area contributed by atoms with Crippen molar-refractivity contribution in [2.45, 2.75) is 25.7 Å². The maximum atomic E-state index is 12.7. The number of amides is 1. The summed E-state index contributed by atoms with van der Waals surface area (Å²) in [5.41, 5.74) is 4.94. The first kappa shape index (κ1) is 22.4. The molecule has 6 aromatic rings. The molecule has 0 atom stereocenters. The van der Waals surface area contributed by atoms with E-state index < -0.39 is 0 Å². The Morgan fingerprint density at radius 2 is 1.63 bits per heavy atom. The first-order chi connectivity index (χ1) is 18.7. The van der Waals surface area contributed by atoms with Crippen LogP contribution in [0.1, 0.15) is 30.5 Å². The molecule has 5 aromatic carbocycles. The van der Waals surface area contributed by atoms with Gasteiger partial charge in [0.25, 0.3) is 0 Å². The first-order valence-electron chi connectivity index (χ1n) is 13.1. The maximum absolute atomic E-state index is 12.7. The zero-order valence-corrected chi connectivity index (χ0v) is 20.9. The summed E-state index contributed by atoms with van der Waals surface area (Å²) in [5, 5.41) is 19.3. The van der Waals surface area contributed by atoms with Crippen LogP contribution in [0.5, 0.6) is 0 Å². The van der Waals surface area contributed by atoms with Crippen molar-refractivity contribution >= 4 is 49.5 Å². The van der Waals surface area contributed by atoms with E-state index in [9.17, 15) is 4.79 Å². The van der Waals surface area contributed by atoms with Gasteiger partial charge in [0.2, 0.25) is 5.91 Å². The van der Waals surface area contributed by atoms with Gasteiger partial charge >= 0.3 is 0 Å². The van der Waals surface area contributed by atoms with Gasteiger partial charge in [0, 0.05) is 12.1 Å². The zero-order chi connectivity index (χ0) is 25.5. The number of allylic oxidation sites excluding steroid dienone is 4. The van der Waals surface area contributed by atoms with E-state index in [0.717, 1.165) is 41.9 Å². The largest absolute Gasteiger partial charge is 0.326 e. The van der Waals surface area contributed by atoms with Crippen molar-refractivity contribution in [2.75, 3.05) is 5.32 Å². The summed E-state index contributed by atoms with van der Waals surface area (Å²) in [7, 11) is 0. The quantitative estimate of drug-likeness (QED) is 0.234. The van der Waals surface area contributed by atoms with E-state index in [-0.39, 0.29) is 5.91 Å². The normalized spacial score (nSPS) is 13.1. The molecule has 38 heavy (non-hydrogen) atoms. The van der Waals surface area contributed by atoms with E-state index in [1.165, 1.54) is 37.9 Å².